The van der Waals surface area contributed by atoms with Gasteiger partial charge >= 0.3 is 0 Å². The fourth-order valence-electron chi connectivity index (χ4n) is 2.57. The maximum absolute atomic E-state index is 12.4. The lowest BCUT2D eigenvalue weighted by atomic mass is 9.67. The first-order valence-electron chi connectivity index (χ1n) is 6.82. The van der Waals surface area contributed by atoms with Gasteiger partial charge in [-0.2, -0.15) is 0 Å². The second-order valence-electron chi connectivity index (χ2n) is 5.52. The minimum Gasteiger partial charge on any atom is -0.225 e. The zero-order chi connectivity index (χ0) is 15.7. The molecular formula is C13H20N2O4S2. The Bertz CT molecular complexity index is 717. The van der Waals surface area contributed by atoms with Gasteiger partial charge in [-0.1, -0.05) is 25.5 Å². The van der Waals surface area contributed by atoms with E-state index in [1.807, 2.05) is 6.92 Å². The summed E-state index contributed by atoms with van der Waals surface area (Å²) in [4.78, 5) is -0.672. The van der Waals surface area contributed by atoms with Crippen molar-refractivity contribution in [3.8, 4) is 0 Å². The minimum atomic E-state index is -4.09. The van der Waals surface area contributed by atoms with E-state index in [2.05, 4.69) is 4.72 Å². The van der Waals surface area contributed by atoms with Crippen LogP contribution in [0, 0.1) is 5.41 Å². The molecular weight excluding hydrogens is 312 g/mol. The molecule has 0 amide bonds. The topological polar surface area (TPSA) is 106 Å². The Morgan fingerprint density at radius 1 is 1.14 bits per heavy atom. The van der Waals surface area contributed by atoms with Crippen LogP contribution in [0.1, 0.15) is 32.6 Å². The summed E-state index contributed by atoms with van der Waals surface area (Å²) in [5, 5.41) is 5.08. The number of nitrogens with one attached hydrogen (secondary N) is 1. The number of primary sulfonamides is 1. The van der Waals surface area contributed by atoms with E-state index in [0.717, 1.165) is 25.7 Å². The zero-order valence-corrected chi connectivity index (χ0v) is 13.5. The van der Waals surface area contributed by atoms with Crippen LogP contribution in [0.3, 0.4) is 0 Å². The maximum Gasteiger partial charge on any atom is 0.241 e. The van der Waals surface area contributed by atoms with Crippen molar-refractivity contribution in [2.45, 2.75) is 42.4 Å². The van der Waals surface area contributed by atoms with Crippen LogP contribution in [0.4, 0.5) is 0 Å². The van der Waals surface area contributed by atoms with E-state index in [4.69, 9.17) is 5.14 Å². The van der Waals surface area contributed by atoms with Crippen LogP contribution in [-0.4, -0.2) is 23.4 Å². The van der Waals surface area contributed by atoms with Crippen molar-refractivity contribution < 1.29 is 16.8 Å². The highest BCUT2D eigenvalue weighted by Gasteiger charge is 2.36. The van der Waals surface area contributed by atoms with Gasteiger partial charge in [0.1, 0.15) is 9.79 Å². The summed E-state index contributed by atoms with van der Waals surface area (Å²) in [6.45, 7) is 2.36. The van der Waals surface area contributed by atoms with Crippen LogP contribution in [-0.2, 0) is 20.0 Å². The molecule has 2 rings (SSSR count). The lowest BCUT2D eigenvalue weighted by Gasteiger charge is -2.41. The van der Waals surface area contributed by atoms with Gasteiger partial charge in [-0.05, 0) is 36.8 Å². The second kappa shape index (κ2) is 5.68. The molecule has 0 heterocycles. The van der Waals surface area contributed by atoms with Crippen molar-refractivity contribution in [1.29, 1.82) is 0 Å². The van der Waals surface area contributed by atoms with E-state index in [1.54, 1.807) is 0 Å². The zero-order valence-electron chi connectivity index (χ0n) is 11.9. The number of hydrogen-bond donors (Lipinski definition) is 2. The minimum absolute atomic E-state index is 0.00357. The van der Waals surface area contributed by atoms with E-state index >= 15 is 0 Å². The van der Waals surface area contributed by atoms with Crippen LogP contribution in [0.5, 0.6) is 0 Å². The molecule has 1 saturated carbocycles. The van der Waals surface area contributed by atoms with Crippen LogP contribution in [0.2, 0.25) is 0 Å². The molecule has 1 aliphatic rings. The molecule has 8 heteroatoms. The fraction of sp³-hybridized carbons (Fsp3) is 0.538. The molecule has 118 valence electrons. The van der Waals surface area contributed by atoms with Crippen LogP contribution < -0.4 is 9.86 Å². The molecule has 1 fully saturated rings. The Labute approximate surface area is 125 Å². The largest absolute Gasteiger partial charge is 0.241 e. The standard InChI is InChI=1S/C13H20N2O4S2/c1-2-13(8-5-9-13)10-15-21(18,19)12-7-4-3-6-11(12)20(14,16)17/h3-4,6-7,15H,2,5,8-10H2,1H3,(H2,14,16,17). The molecule has 1 aromatic rings. The third-order valence-corrected chi connectivity index (χ3v) is 6.80. The molecule has 1 aromatic carbocycles. The molecule has 0 spiro atoms. The van der Waals surface area contributed by atoms with E-state index in [-0.39, 0.29) is 15.2 Å². The van der Waals surface area contributed by atoms with Crippen molar-refractivity contribution in [1.82, 2.24) is 4.72 Å². The normalized spacial score (nSPS) is 18.2. The summed E-state index contributed by atoms with van der Waals surface area (Å²) in [6, 6.07) is 5.37. The van der Waals surface area contributed by atoms with Crippen molar-refractivity contribution in [2.24, 2.45) is 10.6 Å². The smallest absolute Gasteiger partial charge is 0.225 e. The van der Waals surface area contributed by atoms with Crippen LogP contribution >= 0.6 is 0 Å². The number of hydrogen-bond acceptors (Lipinski definition) is 4. The van der Waals surface area contributed by atoms with Gasteiger partial charge in [0, 0.05) is 6.54 Å². The SMILES string of the molecule is CCC1(CNS(=O)(=O)c2ccccc2S(N)(=O)=O)CCC1. The van der Waals surface area contributed by atoms with E-state index < -0.39 is 20.0 Å². The van der Waals surface area contributed by atoms with Crippen molar-refractivity contribution in [2.75, 3.05) is 6.54 Å². The highest BCUT2D eigenvalue weighted by molar-refractivity contribution is 7.92. The highest BCUT2D eigenvalue weighted by Crippen LogP contribution is 2.43. The monoisotopic (exact) mass is 332 g/mol. The predicted molar refractivity (Wildman–Crippen MR) is 79.6 cm³/mol. The molecule has 6 nitrogen and oxygen atoms in total. The number of nitrogens with two attached hydrogens (primary N) is 1. The van der Waals surface area contributed by atoms with Gasteiger partial charge in [0.05, 0.1) is 0 Å². The van der Waals surface area contributed by atoms with Gasteiger partial charge in [-0.3, -0.25) is 0 Å². The average molecular weight is 332 g/mol. The Hall–Kier alpha value is -0.960. The van der Waals surface area contributed by atoms with Crippen LogP contribution in [0.25, 0.3) is 0 Å². The first-order chi connectivity index (χ1) is 9.70. The van der Waals surface area contributed by atoms with Crippen molar-refractivity contribution >= 4 is 20.0 Å². The van der Waals surface area contributed by atoms with E-state index in [1.165, 1.54) is 24.3 Å². The Kier molecular flexibility index (Phi) is 4.44. The lowest BCUT2D eigenvalue weighted by molar-refractivity contribution is 0.133. The Morgan fingerprint density at radius 2 is 1.71 bits per heavy atom. The van der Waals surface area contributed by atoms with Crippen molar-refractivity contribution in [3.63, 3.8) is 0 Å². The fourth-order valence-corrected chi connectivity index (χ4v) is 5.10. The molecule has 0 unspecified atom stereocenters. The van der Waals surface area contributed by atoms with E-state index in [9.17, 15) is 16.8 Å². The first kappa shape index (κ1) is 16.4. The molecule has 0 aromatic heterocycles. The van der Waals surface area contributed by atoms with Gasteiger partial charge < -0.3 is 0 Å². The van der Waals surface area contributed by atoms with Gasteiger partial charge in [-0.15, -0.1) is 0 Å². The average Bonchev–Trinajstić information content (AvgIpc) is 2.37. The van der Waals surface area contributed by atoms with Gasteiger partial charge in [0.15, 0.2) is 0 Å². The first-order valence-corrected chi connectivity index (χ1v) is 9.85. The summed E-state index contributed by atoms with van der Waals surface area (Å²) >= 11 is 0. The third kappa shape index (κ3) is 3.45. The number of sulfonamides is 2. The number of rotatable bonds is 6. The number of benzene rings is 1. The lowest BCUT2D eigenvalue weighted by Crippen LogP contribution is -2.42. The Morgan fingerprint density at radius 3 is 2.14 bits per heavy atom. The molecule has 0 atom stereocenters. The highest BCUT2D eigenvalue weighted by atomic mass is 32.2. The summed E-state index contributed by atoms with van der Waals surface area (Å²) in [5.41, 5.74) is 0.00357. The molecule has 0 aliphatic heterocycles. The van der Waals surface area contributed by atoms with Gasteiger partial charge in [0.2, 0.25) is 20.0 Å². The quantitative estimate of drug-likeness (QED) is 0.816. The van der Waals surface area contributed by atoms with Crippen molar-refractivity contribution in [3.05, 3.63) is 24.3 Å². The summed E-state index contributed by atoms with van der Waals surface area (Å²) in [6.07, 6.45) is 3.97. The predicted octanol–water partition coefficient (Wildman–Crippen LogP) is 1.19. The third-order valence-electron chi connectivity index (χ3n) is 4.25. The maximum atomic E-state index is 12.4. The molecule has 0 saturated heterocycles. The Balaban J connectivity index is 2.29. The van der Waals surface area contributed by atoms with Gasteiger partial charge in [-0.25, -0.2) is 26.7 Å². The molecule has 0 bridgehead atoms. The summed E-state index contributed by atoms with van der Waals surface area (Å²) in [5.74, 6) is 0. The second-order valence-corrected chi connectivity index (χ2v) is 8.79. The molecule has 21 heavy (non-hydrogen) atoms. The van der Waals surface area contributed by atoms with Crippen LogP contribution in [0.15, 0.2) is 34.1 Å². The summed E-state index contributed by atoms with van der Waals surface area (Å²) < 4.78 is 50.3. The summed E-state index contributed by atoms with van der Waals surface area (Å²) in [7, 11) is -7.99. The van der Waals surface area contributed by atoms with Gasteiger partial charge in [0.25, 0.3) is 0 Å². The molecule has 1 aliphatic carbocycles. The molecule has 0 radical (unpaired) electrons. The van der Waals surface area contributed by atoms with E-state index in [0.29, 0.717) is 6.54 Å². The molecule has 3 N–H and O–H groups in total.